The van der Waals surface area contributed by atoms with Crippen LogP contribution >= 0.6 is 24.0 Å². The Morgan fingerprint density at radius 2 is 2.09 bits per heavy atom. The number of benzene rings is 1. The molecule has 0 aromatic heterocycles. The average Bonchev–Trinajstić information content (AvgIpc) is 2.75. The van der Waals surface area contributed by atoms with Gasteiger partial charge < -0.3 is 9.90 Å². The molecular weight excluding hydrogens is 340 g/mol. The van der Waals surface area contributed by atoms with Crippen LogP contribution in [0.1, 0.15) is 5.56 Å². The minimum atomic E-state index is -1.40. The lowest BCUT2D eigenvalue weighted by Gasteiger charge is -2.14. The highest BCUT2D eigenvalue weighted by Gasteiger charge is 2.31. The number of hydrogen-bond acceptors (Lipinski definition) is 7. The summed E-state index contributed by atoms with van der Waals surface area (Å²) < 4.78 is 0.129. The number of carbonyl (C=O) groups excluding carboxylic acids is 2. The molecule has 1 aromatic rings. The molecular formula is C14H9N2O5S2-. The number of carboxylic acids is 1. The van der Waals surface area contributed by atoms with Crippen LogP contribution in [0.3, 0.4) is 0 Å². The molecule has 0 spiro atoms. The molecule has 0 bridgehead atoms. The standard InChI is InChI=1S/C14H10N2O5S2/c17-12(18)8-15-13(19)11(23-14(15)22)7-3-5-9-4-1-2-6-10(9)16(20)21/h1-7H,8H2,(H,17,18)/p-1/b5-3+,11-7-. The Bertz CT molecular complexity index is 757. The Hall–Kier alpha value is -2.52. The SMILES string of the molecule is O=C([O-])CN1C(=O)/C(=C/C=C/c2ccccc2[N+](=O)[O-])SC1=S. The van der Waals surface area contributed by atoms with E-state index in [-0.39, 0.29) is 14.9 Å². The predicted molar refractivity (Wildman–Crippen MR) is 87.1 cm³/mol. The highest BCUT2D eigenvalue weighted by Crippen LogP contribution is 2.30. The second-order valence-electron chi connectivity index (χ2n) is 4.34. The zero-order chi connectivity index (χ0) is 17.0. The largest absolute Gasteiger partial charge is 0.548 e. The van der Waals surface area contributed by atoms with Crippen LogP contribution in [-0.2, 0) is 9.59 Å². The van der Waals surface area contributed by atoms with Crippen molar-refractivity contribution in [3.05, 3.63) is 57.0 Å². The third-order valence-corrected chi connectivity index (χ3v) is 4.21. The number of amides is 1. The molecule has 7 nitrogen and oxygen atoms in total. The minimum absolute atomic E-state index is 0.0540. The van der Waals surface area contributed by atoms with Gasteiger partial charge in [-0.25, -0.2) is 0 Å². The number of thioether (sulfide) groups is 1. The van der Waals surface area contributed by atoms with Crippen LogP contribution in [0.25, 0.3) is 6.08 Å². The number of allylic oxidation sites excluding steroid dienone is 2. The van der Waals surface area contributed by atoms with Crippen molar-refractivity contribution < 1.29 is 19.6 Å². The monoisotopic (exact) mass is 349 g/mol. The summed E-state index contributed by atoms with van der Waals surface area (Å²) in [4.78, 5) is 34.1. The molecule has 0 atom stereocenters. The zero-order valence-electron chi connectivity index (χ0n) is 11.5. The lowest BCUT2D eigenvalue weighted by molar-refractivity contribution is -0.385. The maximum absolute atomic E-state index is 12.0. The van der Waals surface area contributed by atoms with Crippen LogP contribution < -0.4 is 5.11 Å². The quantitative estimate of drug-likeness (QED) is 0.339. The summed E-state index contributed by atoms with van der Waals surface area (Å²) in [5.41, 5.74) is 0.334. The minimum Gasteiger partial charge on any atom is -0.548 e. The molecule has 2 rings (SSSR count). The molecule has 0 radical (unpaired) electrons. The van der Waals surface area contributed by atoms with Crippen molar-refractivity contribution in [2.24, 2.45) is 0 Å². The van der Waals surface area contributed by atoms with Crippen molar-refractivity contribution in [1.29, 1.82) is 0 Å². The number of nitrogens with zero attached hydrogens (tertiary/aromatic N) is 2. The average molecular weight is 349 g/mol. The van der Waals surface area contributed by atoms with Gasteiger partial charge in [-0.05, 0) is 18.2 Å². The summed E-state index contributed by atoms with van der Waals surface area (Å²) in [7, 11) is 0. The Morgan fingerprint density at radius 1 is 1.39 bits per heavy atom. The van der Waals surface area contributed by atoms with Gasteiger partial charge >= 0.3 is 0 Å². The number of nitro groups is 1. The molecule has 0 saturated carbocycles. The van der Waals surface area contributed by atoms with Gasteiger partial charge in [0.1, 0.15) is 4.32 Å². The van der Waals surface area contributed by atoms with Crippen molar-refractivity contribution in [2.45, 2.75) is 0 Å². The fourth-order valence-electron chi connectivity index (χ4n) is 1.81. The number of rotatable bonds is 5. The van der Waals surface area contributed by atoms with E-state index >= 15 is 0 Å². The summed E-state index contributed by atoms with van der Waals surface area (Å²) in [6.07, 6.45) is 4.41. The topological polar surface area (TPSA) is 104 Å². The third kappa shape index (κ3) is 4.02. The van der Waals surface area contributed by atoms with Crippen molar-refractivity contribution in [3.63, 3.8) is 0 Å². The summed E-state index contributed by atoms with van der Waals surface area (Å²) in [5, 5.41) is 21.5. The van der Waals surface area contributed by atoms with E-state index in [4.69, 9.17) is 12.2 Å². The van der Waals surface area contributed by atoms with Gasteiger partial charge in [0.2, 0.25) is 0 Å². The van der Waals surface area contributed by atoms with Gasteiger partial charge in [0.25, 0.3) is 11.6 Å². The van der Waals surface area contributed by atoms with Crippen LogP contribution in [0.2, 0.25) is 0 Å². The van der Waals surface area contributed by atoms with E-state index in [1.54, 1.807) is 18.2 Å². The second kappa shape index (κ2) is 7.16. The lowest BCUT2D eigenvalue weighted by atomic mass is 10.1. The van der Waals surface area contributed by atoms with Crippen LogP contribution in [0.4, 0.5) is 5.69 Å². The molecule has 9 heteroatoms. The summed E-state index contributed by atoms with van der Waals surface area (Å²) >= 11 is 5.90. The van der Waals surface area contributed by atoms with Crippen LogP contribution in [0, 0.1) is 10.1 Å². The van der Waals surface area contributed by atoms with Gasteiger partial charge in [-0.1, -0.05) is 42.2 Å². The van der Waals surface area contributed by atoms with Gasteiger partial charge in [-0.3, -0.25) is 19.8 Å². The molecule has 0 aliphatic carbocycles. The molecule has 1 aromatic carbocycles. The van der Waals surface area contributed by atoms with Gasteiger partial charge in [-0.15, -0.1) is 0 Å². The number of hydrogen-bond donors (Lipinski definition) is 0. The predicted octanol–water partition coefficient (Wildman–Crippen LogP) is 1.10. The lowest BCUT2D eigenvalue weighted by Crippen LogP contribution is -2.40. The van der Waals surface area contributed by atoms with E-state index in [9.17, 15) is 24.8 Å². The first-order valence-electron chi connectivity index (χ1n) is 6.25. The van der Waals surface area contributed by atoms with Crippen LogP contribution in [-0.4, -0.2) is 32.6 Å². The fraction of sp³-hybridized carbons (Fsp3) is 0.0714. The molecule has 0 N–H and O–H groups in total. The number of thiocarbonyl (C=S) groups is 1. The maximum atomic E-state index is 12.0. The second-order valence-corrected chi connectivity index (χ2v) is 6.01. The van der Waals surface area contributed by atoms with Gasteiger partial charge in [-0.2, -0.15) is 0 Å². The summed E-state index contributed by atoms with van der Waals surface area (Å²) in [6.45, 7) is -0.601. The van der Waals surface area contributed by atoms with E-state index in [0.717, 1.165) is 16.7 Å². The van der Waals surface area contributed by atoms with Crippen molar-refractivity contribution in [3.8, 4) is 0 Å². The number of aliphatic carboxylic acids is 1. The Morgan fingerprint density at radius 3 is 2.74 bits per heavy atom. The molecule has 1 heterocycles. The normalized spacial score (nSPS) is 16.5. The number of nitro benzene ring substituents is 1. The van der Waals surface area contributed by atoms with Crippen molar-refractivity contribution >= 4 is 51.9 Å². The van der Waals surface area contributed by atoms with Crippen LogP contribution in [0.15, 0.2) is 41.3 Å². The number of para-hydroxylation sites is 1. The zero-order valence-corrected chi connectivity index (χ0v) is 13.1. The van der Waals surface area contributed by atoms with E-state index in [1.807, 2.05) is 0 Å². The highest BCUT2D eigenvalue weighted by atomic mass is 32.2. The Balaban J connectivity index is 2.18. The van der Waals surface area contributed by atoms with Gasteiger partial charge in [0.05, 0.1) is 27.9 Å². The first-order chi connectivity index (χ1) is 10.9. The van der Waals surface area contributed by atoms with Crippen LogP contribution in [0.5, 0.6) is 0 Å². The van der Waals surface area contributed by atoms with E-state index in [0.29, 0.717) is 5.56 Å². The molecule has 118 valence electrons. The molecule has 1 aliphatic rings. The van der Waals surface area contributed by atoms with Crippen molar-refractivity contribution in [1.82, 2.24) is 4.90 Å². The molecule has 1 fully saturated rings. The van der Waals surface area contributed by atoms with Gasteiger partial charge in [0.15, 0.2) is 0 Å². The number of carbonyl (C=O) groups is 2. The fourth-order valence-corrected chi connectivity index (χ4v) is 3.02. The van der Waals surface area contributed by atoms with Crippen molar-refractivity contribution in [2.75, 3.05) is 6.54 Å². The smallest absolute Gasteiger partial charge is 0.276 e. The molecule has 23 heavy (non-hydrogen) atoms. The Kier molecular flexibility index (Phi) is 5.24. The summed E-state index contributed by atoms with van der Waals surface area (Å²) in [5.74, 6) is -1.94. The molecule has 1 aliphatic heterocycles. The molecule has 0 unspecified atom stereocenters. The van der Waals surface area contributed by atoms with Gasteiger partial charge in [0, 0.05) is 6.07 Å². The maximum Gasteiger partial charge on any atom is 0.276 e. The first kappa shape index (κ1) is 16.8. The van der Waals surface area contributed by atoms with E-state index in [1.165, 1.54) is 24.3 Å². The highest BCUT2D eigenvalue weighted by molar-refractivity contribution is 8.26. The Labute approximate surface area is 140 Å². The summed E-state index contributed by atoms with van der Waals surface area (Å²) in [6, 6.07) is 6.16. The molecule has 1 amide bonds. The van der Waals surface area contributed by atoms with E-state index in [2.05, 4.69) is 0 Å². The third-order valence-electron chi connectivity index (χ3n) is 2.82. The first-order valence-corrected chi connectivity index (χ1v) is 7.48. The molecule has 1 saturated heterocycles. The van der Waals surface area contributed by atoms with E-state index < -0.39 is 23.3 Å². The number of carboxylic acid groups (broad SMARTS) is 1.